The van der Waals surface area contributed by atoms with Gasteiger partial charge in [0.1, 0.15) is 18.7 Å². The predicted octanol–water partition coefficient (Wildman–Crippen LogP) is 0.798. The van der Waals surface area contributed by atoms with Crippen molar-refractivity contribution in [2.75, 3.05) is 33.9 Å². The van der Waals surface area contributed by atoms with Crippen LogP contribution in [0.4, 0.5) is 0 Å². The number of amides is 3. The van der Waals surface area contributed by atoms with Crippen LogP contribution in [0.25, 0.3) is 0 Å². The van der Waals surface area contributed by atoms with E-state index in [1.54, 1.807) is 6.92 Å². The maximum absolute atomic E-state index is 12.8. The average Bonchev–Trinajstić information content (AvgIpc) is 3.10. The van der Waals surface area contributed by atoms with Gasteiger partial charge in [0.05, 0.1) is 6.10 Å². The Morgan fingerprint density at radius 3 is 2.44 bits per heavy atom. The molecule has 150 valence electrons. The fraction of sp³-hybridized carbons (Fsp3) is 0.824. The molecule has 2 N–H and O–H groups in total. The molecule has 8 heteroatoms. The van der Waals surface area contributed by atoms with Crippen molar-refractivity contribution in [3.8, 4) is 0 Å². The normalized spacial score (nSPS) is 18.6. The topological polar surface area (TPSA) is 97.0 Å². The maximum Gasteiger partial charge on any atom is 0.248 e. The molecule has 3 amide bonds. The Morgan fingerprint density at radius 2 is 1.92 bits per heavy atom. The van der Waals surface area contributed by atoms with Gasteiger partial charge >= 0.3 is 0 Å². The van der Waals surface area contributed by atoms with Crippen molar-refractivity contribution in [3.05, 3.63) is 0 Å². The van der Waals surface area contributed by atoms with Crippen LogP contribution in [0.1, 0.15) is 43.4 Å². The van der Waals surface area contributed by atoms with Crippen molar-refractivity contribution in [3.63, 3.8) is 0 Å². The number of likely N-dealkylation sites (N-methyl/N-ethyl adjacent to an activating group) is 1. The van der Waals surface area contributed by atoms with E-state index in [1.165, 1.54) is 19.1 Å². The van der Waals surface area contributed by atoms with Crippen molar-refractivity contribution in [2.24, 2.45) is 0 Å². The number of carbonyl (C=O) groups is 3. The third-order valence-corrected chi connectivity index (χ3v) is 3.89. The molecule has 1 saturated heterocycles. The molecule has 0 saturated carbocycles. The largest absolute Gasteiger partial charge is 0.379 e. The summed E-state index contributed by atoms with van der Waals surface area (Å²) < 4.78 is 9.98. The molecule has 0 aliphatic carbocycles. The van der Waals surface area contributed by atoms with Gasteiger partial charge < -0.3 is 25.0 Å². The van der Waals surface area contributed by atoms with E-state index in [9.17, 15) is 14.4 Å². The van der Waals surface area contributed by atoms with Gasteiger partial charge in [-0.3, -0.25) is 14.4 Å². The first-order valence-electron chi connectivity index (χ1n) is 8.85. The van der Waals surface area contributed by atoms with Crippen molar-refractivity contribution >= 4 is 17.7 Å². The quantitative estimate of drug-likeness (QED) is 0.665. The highest BCUT2D eigenvalue weighted by molar-refractivity contribution is 5.93. The van der Waals surface area contributed by atoms with Crippen LogP contribution in [0.2, 0.25) is 0 Å². The zero-order chi connectivity index (χ0) is 19.4. The Bertz CT molecular complexity index is 441. The van der Waals surface area contributed by atoms with E-state index in [4.69, 9.17) is 9.47 Å². The molecule has 0 radical (unpaired) electrons. The molecule has 0 spiro atoms. The van der Waals surface area contributed by atoms with Gasteiger partial charge in [0, 0.05) is 30.2 Å². The second kappa shape index (κ2) is 12.7. The van der Waals surface area contributed by atoms with Gasteiger partial charge in [0.15, 0.2) is 0 Å². The third kappa shape index (κ3) is 6.99. The van der Waals surface area contributed by atoms with Crippen molar-refractivity contribution in [2.45, 2.75) is 58.7 Å². The Kier molecular flexibility index (Phi) is 11.8. The highest BCUT2D eigenvalue weighted by atomic mass is 16.5. The number of hydrogen-bond donors (Lipinski definition) is 2. The third-order valence-electron chi connectivity index (χ3n) is 3.89. The van der Waals surface area contributed by atoms with E-state index in [2.05, 4.69) is 10.6 Å². The number of hydrogen-bond acceptors (Lipinski definition) is 5. The second-order valence-corrected chi connectivity index (χ2v) is 5.50. The van der Waals surface area contributed by atoms with Crippen LogP contribution >= 0.6 is 0 Å². The van der Waals surface area contributed by atoms with Crippen LogP contribution in [0.15, 0.2) is 0 Å². The number of carbonyl (C=O) groups excluding carboxylic acids is 3. The standard InChI is InChI=1S/C15H27N3O5.C2H6.2H2/c1-5-16-14(20)11-7-6-8-18(11)15(21)13(10(2)23-4)17-12(19)9-22-3;1-2;;/h10-11,13H,5-9H2,1-4H3,(H,16,20)(H,17,19);1-2H3;2*1H. The molecule has 3 atom stereocenters. The lowest BCUT2D eigenvalue weighted by molar-refractivity contribution is -0.144. The van der Waals surface area contributed by atoms with Gasteiger partial charge in [-0.25, -0.2) is 0 Å². The molecule has 0 aromatic rings. The Balaban J connectivity index is -0.00000139. The minimum atomic E-state index is -0.849. The molecule has 25 heavy (non-hydrogen) atoms. The van der Waals surface area contributed by atoms with Crippen LogP contribution in [0.3, 0.4) is 0 Å². The molecule has 0 aromatic carbocycles. The average molecular weight is 363 g/mol. The number of ether oxygens (including phenoxy) is 2. The summed E-state index contributed by atoms with van der Waals surface area (Å²) in [6.07, 6.45) is 0.865. The van der Waals surface area contributed by atoms with Gasteiger partial charge in [0.2, 0.25) is 17.7 Å². The van der Waals surface area contributed by atoms with Crippen LogP contribution in [0, 0.1) is 0 Å². The minimum absolute atomic E-state index is 0. The van der Waals surface area contributed by atoms with E-state index < -0.39 is 24.1 Å². The second-order valence-electron chi connectivity index (χ2n) is 5.50. The van der Waals surface area contributed by atoms with E-state index >= 15 is 0 Å². The predicted molar refractivity (Wildman–Crippen MR) is 99.3 cm³/mol. The summed E-state index contributed by atoms with van der Waals surface area (Å²) in [6, 6.07) is -1.34. The fourth-order valence-electron chi connectivity index (χ4n) is 2.64. The van der Waals surface area contributed by atoms with Crippen molar-refractivity contribution in [1.29, 1.82) is 0 Å². The van der Waals surface area contributed by atoms with Crippen LogP contribution in [-0.2, 0) is 23.9 Å². The van der Waals surface area contributed by atoms with Gasteiger partial charge in [0.25, 0.3) is 0 Å². The van der Waals surface area contributed by atoms with Crippen LogP contribution in [0.5, 0.6) is 0 Å². The van der Waals surface area contributed by atoms with E-state index in [1.807, 2.05) is 20.8 Å². The summed E-state index contributed by atoms with van der Waals surface area (Å²) in [7, 11) is 2.88. The van der Waals surface area contributed by atoms with Crippen molar-refractivity contribution in [1.82, 2.24) is 15.5 Å². The lowest BCUT2D eigenvalue weighted by Crippen LogP contribution is -2.57. The van der Waals surface area contributed by atoms with Gasteiger partial charge in [-0.15, -0.1) is 0 Å². The van der Waals surface area contributed by atoms with E-state index in [0.29, 0.717) is 19.5 Å². The fourth-order valence-corrected chi connectivity index (χ4v) is 2.64. The summed E-state index contributed by atoms with van der Waals surface area (Å²) in [5.74, 6) is -0.869. The Hall–Kier alpha value is -1.67. The molecule has 1 aliphatic heterocycles. The van der Waals surface area contributed by atoms with E-state index in [-0.39, 0.29) is 21.3 Å². The molecule has 0 bridgehead atoms. The first-order chi connectivity index (χ1) is 12.0. The van der Waals surface area contributed by atoms with Gasteiger partial charge in [-0.1, -0.05) is 13.8 Å². The van der Waals surface area contributed by atoms with Crippen LogP contribution < -0.4 is 10.6 Å². The first kappa shape index (κ1) is 23.3. The number of nitrogens with zero attached hydrogens (tertiary/aromatic N) is 1. The SMILES string of the molecule is CC.CCNC(=O)C1CCCN1C(=O)C(NC(=O)COC)C(C)OC.[HH].[HH]. The number of nitrogens with one attached hydrogen (secondary N) is 2. The molecule has 8 nitrogen and oxygen atoms in total. The summed E-state index contributed by atoms with van der Waals surface area (Å²) in [5, 5.41) is 5.37. The summed E-state index contributed by atoms with van der Waals surface area (Å²) in [5.41, 5.74) is 0. The number of likely N-dealkylation sites (tertiary alicyclic amines) is 1. The molecule has 1 rings (SSSR count). The van der Waals surface area contributed by atoms with Gasteiger partial charge in [-0.2, -0.15) is 0 Å². The highest BCUT2D eigenvalue weighted by Crippen LogP contribution is 2.19. The summed E-state index contributed by atoms with van der Waals surface area (Å²) in [4.78, 5) is 38.2. The first-order valence-corrected chi connectivity index (χ1v) is 8.85. The molecule has 3 unspecified atom stereocenters. The zero-order valence-electron chi connectivity index (χ0n) is 16.3. The number of methoxy groups -OCH3 is 2. The monoisotopic (exact) mass is 363 g/mol. The molecule has 0 aromatic heterocycles. The smallest absolute Gasteiger partial charge is 0.248 e. The minimum Gasteiger partial charge on any atom is -0.379 e. The summed E-state index contributed by atoms with van der Waals surface area (Å²) in [6.45, 7) is 8.40. The summed E-state index contributed by atoms with van der Waals surface area (Å²) >= 11 is 0. The molecule has 1 fully saturated rings. The van der Waals surface area contributed by atoms with Crippen molar-refractivity contribution < 1.29 is 26.7 Å². The van der Waals surface area contributed by atoms with E-state index in [0.717, 1.165) is 6.42 Å². The Labute approximate surface area is 153 Å². The molecule has 1 aliphatic rings. The number of rotatable bonds is 8. The Morgan fingerprint density at radius 1 is 1.28 bits per heavy atom. The van der Waals surface area contributed by atoms with Crippen LogP contribution in [-0.4, -0.2) is 74.7 Å². The molecule has 1 heterocycles. The molecular weight excluding hydrogens is 326 g/mol. The highest BCUT2D eigenvalue weighted by Gasteiger charge is 2.39. The lowest BCUT2D eigenvalue weighted by atomic mass is 10.1. The lowest BCUT2D eigenvalue weighted by Gasteiger charge is -2.31. The zero-order valence-corrected chi connectivity index (χ0v) is 16.3. The molecular formula is C17H37N3O5. The van der Waals surface area contributed by atoms with Gasteiger partial charge in [-0.05, 0) is 26.7 Å². The maximum atomic E-state index is 12.8.